The first kappa shape index (κ1) is 58.8. The number of benzene rings is 2. The van der Waals surface area contributed by atoms with Gasteiger partial charge in [-0.1, -0.05) is 127 Å². The van der Waals surface area contributed by atoms with Crippen molar-refractivity contribution in [3.8, 4) is 23.3 Å². The van der Waals surface area contributed by atoms with Crippen LogP contribution in [0.25, 0.3) is 0 Å². The summed E-state index contributed by atoms with van der Waals surface area (Å²) in [6.45, 7) is 8.88. The summed E-state index contributed by atoms with van der Waals surface area (Å²) >= 11 is 0. The summed E-state index contributed by atoms with van der Waals surface area (Å²) in [6.07, 6.45) is 32.8. The standard InChI is InChI=1S/C66H98O10/c1-3-11-49-15-19-51(20-16-49)47-57(53-25-37-61(38-26-53)75-65(67)55-29-33-59(34-30-55)69-43-9-45-73-63-13-5-7-41-71-63)23-24-58(48-52-21-17-50(12-4-2)18-22-52)54-27-39-62(40-28-54)76-66(68)56-31-35-60(36-32-56)70-44-10-46-74-64-14-6-8-42-72-64/h25-28,37-40,49-52,55-60,63-64H,3-22,29-36,41-48H2,1-2H3. The molecule has 0 spiro atoms. The molecular weight excluding hydrogens is 953 g/mol. The van der Waals surface area contributed by atoms with Crippen LogP contribution in [0.3, 0.4) is 0 Å². The van der Waals surface area contributed by atoms with Crippen molar-refractivity contribution in [2.24, 2.45) is 35.5 Å². The van der Waals surface area contributed by atoms with Crippen LogP contribution >= 0.6 is 0 Å². The Kier molecular flexibility index (Phi) is 25.3. The Hall–Kier alpha value is -3.30. The molecule has 4 atom stereocenters. The Morgan fingerprint density at radius 1 is 0.461 bits per heavy atom. The monoisotopic (exact) mass is 1050 g/mol. The van der Waals surface area contributed by atoms with Gasteiger partial charge in [0.1, 0.15) is 11.5 Å². The first-order valence-corrected chi connectivity index (χ1v) is 31.2. The summed E-state index contributed by atoms with van der Waals surface area (Å²) in [4.78, 5) is 27.0. The largest absolute Gasteiger partial charge is 0.426 e. The Balaban J connectivity index is 0.861. The molecule has 0 bridgehead atoms. The molecule has 4 aliphatic carbocycles. The lowest BCUT2D eigenvalue weighted by Crippen LogP contribution is -2.29. The van der Waals surface area contributed by atoms with E-state index in [0.717, 1.165) is 128 Å². The zero-order valence-electron chi connectivity index (χ0n) is 47.1. The quantitative estimate of drug-likeness (QED) is 0.0391. The molecule has 2 aromatic rings. The summed E-state index contributed by atoms with van der Waals surface area (Å²) in [5.41, 5.74) is 2.41. The average Bonchev–Trinajstić information content (AvgIpc) is 3.46. The molecule has 6 fully saturated rings. The van der Waals surface area contributed by atoms with Crippen molar-refractivity contribution in [2.75, 3.05) is 39.6 Å². The molecule has 0 amide bonds. The van der Waals surface area contributed by atoms with E-state index in [1.807, 2.05) is 24.3 Å². The van der Waals surface area contributed by atoms with E-state index in [9.17, 15) is 9.59 Å². The van der Waals surface area contributed by atoms with Gasteiger partial charge in [-0.05, 0) is 175 Å². The molecule has 10 heteroatoms. The van der Waals surface area contributed by atoms with Crippen molar-refractivity contribution < 1.29 is 47.5 Å². The Morgan fingerprint density at radius 3 is 1.18 bits per heavy atom. The number of rotatable bonds is 26. The molecule has 76 heavy (non-hydrogen) atoms. The second-order valence-corrected chi connectivity index (χ2v) is 23.9. The molecule has 0 N–H and O–H groups in total. The van der Waals surface area contributed by atoms with Crippen LogP contribution in [-0.4, -0.2) is 76.4 Å². The average molecular weight is 1050 g/mol. The predicted octanol–water partition coefficient (Wildman–Crippen LogP) is 15.4. The van der Waals surface area contributed by atoms with Gasteiger partial charge in [0.25, 0.3) is 0 Å². The van der Waals surface area contributed by atoms with Crippen molar-refractivity contribution in [1.82, 2.24) is 0 Å². The molecule has 10 nitrogen and oxygen atoms in total. The minimum absolute atomic E-state index is 0.0566. The fraction of sp³-hybridized carbons (Fsp3) is 0.758. The van der Waals surface area contributed by atoms with Crippen molar-refractivity contribution >= 4 is 11.9 Å². The van der Waals surface area contributed by atoms with Crippen LogP contribution in [0.2, 0.25) is 0 Å². The molecule has 422 valence electrons. The van der Waals surface area contributed by atoms with Crippen LogP contribution in [-0.2, 0) is 38.0 Å². The number of carbonyl (C=O) groups excluding carboxylic acids is 2. The van der Waals surface area contributed by atoms with E-state index in [4.69, 9.17) is 37.9 Å². The molecule has 2 heterocycles. The summed E-state index contributed by atoms with van der Waals surface area (Å²) in [5, 5.41) is 0. The SMILES string of the molecule is CCCC1CCC(CC(C#CC(CC2CCC(CCC)CC2)c2ccc(OC(=O)C3CCC(OCCCOC4CCCCO4)CC3)cc2)c2ccc(OC(=O)C3CCC(OCCCOC4CCCCO4)CC3)cc2)CC1. The smallest absolute Gasteiger partial charge is 0.314 e. The van der Waals surface area contributed by atoms with Gasteiger partial charge in [0.15, 0.2) is 12.6 Å². The molecule has 2 aliphatic heterocycles. The third kappa shape index (κ3) is 19.8. The molecule has 2 saturated heterocycles. The number of hydrogen-bond acceptors (Lipinski definition) is 10. The number of hydrogen-bond donors (Lipinski definition) is 0. The highest BCUT2D eigenvalue weighted by molar-refractivity contribution is 5.75. The third-order valence-electron chi connectivity index (χ3n) is 18.1. The fourth-order valence-corrected chi connectivity index (χ4v) is 13.4. The van der Waals surface area contributed by atoms with E-state index in [-0.39, 0.29) is 60.4 Å². The Bertz CT molecular complexity index is 1840. The molecule has 4 unspecified atom stereocenters. The first-order valence-electron chi connectivity index (χ1n) is 31.2. The molecular formula is C66H98O10. The molecule has 0 aromatic heterocycles. The zero-order chi connectivity index (χ0) is 52.6. The molecule has 8 rings (SSSR count). The Labute approximate surface area is 458 Å². The van der Waals surface area contributed by atoms with E-state index in [1.165, 1.54) is 101 Å². The lowest BCUT2D eigenvalue weighted by atomic mass is 9.75. The normalized spacial score (nSPS) is 29.1. The summed E-state index contributed by atoms with van der Waals surface area (Å²) in [5.74, 6) is 11.7. The van der Waals surface area contributed by atoms with Crippen LogP contribution < -0.4 is 9.47 Å². The van der Waals surface area contributed by atoms with Crippen LogP contribution in [0, 0.1) is 47.3 Å². The minimum atomic E-state index is -0.133. The van der Waals surface area contributed by atoms with Gasteiger partial charge in [-0.3, -0.25) is 9.59 Å². The summed E-state index contributed by atoms with van der Waals surface area (Å²) in [7, 11) is 0. The van der Waals surface area contributed by atoms with Crippen molar-refractivity contribution in [3.63, 3.8) is 0 Å². The van der Waals surface area contributed by atoms with Crippen LogP contribution in [0.15, 0.2) is 48.5 Å². The summed E-state index contributed by atoms with van der Waals surface area (Å²) in [6, 6.07) is 16.6. The Morgan fingerprint density at radius 2 is 0.829 bits per heavy atom. The van der Waals surface area contributed by atoms with Crippen LogP contribution in [0.4, 0.5) is 0 Å². The lowest BCUT2D eigenvalue weighted by molar-refractivity contribution is -0.165. The molecule has 4 saturated carbocycles. The first-order chi connectivity index (χ1) is 37.4. The third-order valence-corrected chi connectivity index (χ3v) is 18.1. The van der Waals surface area contributed by atoms with Gasteiger partial charge < -0.3 is 37.9 Å². The zero-order valence-corrected chi connectivity index (χ0v) is 47.1. The summed E-state index contributed by atoms with van der Waals surface area (Å²) < 4.78 is 47.6. The van der Waals surface area contributed by atoms with Gasteiger partial charge in [-0.15, -0.1) is 0 Å². The second-order valence-electron chi connectivity index (χ2n) is 23.9. The van der Waals surface area contributed by atoms with Gasteiger partial charge in [-0.25, -0.2) is 0 Å². The lowest BCUT2D eigenvalue weighted by Gasteiger charge is -2.30. The van der Waals surface area contributed by atoms with Crippen molar-refractivity contribution in [3.05, 3.63) is 59.7 Å². The van der Waals surface area contributed by atoms with Crippen LogP contribution in [0.1, 0.15) is 229 Å². The number of ether oxygens (including phenoxy) is 8. The maximum Gasteiger partial charge on any atom is 0.314 e. The molecule has 2 aromatic carbocycles. The van der Waals surface area contributed by atoms with Gasteiger partial charge in [0.2, 0.25) is 0 Å². The maximum absolute atomic E-state index is 13.5. The molecule has 6 aliphatic rings. The fourth-order valence-electron chi connectivity index (χ4n) is 13.4. The van der Waals surface area contributed by atoms with Gasteiger partial charge in [-0.2, -0.15) is 0 Å². The second kappa shape index (κ2) is 32.7. The van der Waals surface area contributed by atoms with Crippen LogP contribution in [0.5, 0.6) is 11.5 Å². The van der Waals surface area contributed by atoms with E-state index in [2.05, 4.69) is 50.0 Å². The molecule has 0 radical (unpaired) electrons. The van der Waals surface area contributed by atoms with Gasteiger partial charge in [0, 0.05) is 38.3 Å². The highest BCUT2D eigenvalue weighted by Gasteiger charge is 2.31. The van der Waals surface area contributed by atoms with E-state index in [0.29, 0.717) is 49.8 Å². The predicted molar refractivity (Wildman–Crippen MR) is 299 cm³/mol. The van der Waals surface area contributed by atoms with E-state index >= 15 is 0 Å². The number of carbonyl (C=O) groups is 2. The highest BCUT2D eigenvalue weighted by Crippen LogP contribution is 2.40. The maximum atomic E-state index is 13.5. The topological polar surface area (TPSA) is 108 Å². The number of esters is 2. The minimum Gasteiger partial charge on any atom is -0.426 e. The highest BCUT2D eigenvalue weighted by atomic mass is 16.7. The van der Waals surface area contributed by atoms with Crippen molar-refractivity contribution in [1.29, 1.82) is 0 Å². The van der Waals surface area contributed by atoms with E-state index < -0.39 is 0 Å². The van der Waals surface area contributed by atoms with Gasteiger partial charge in [0.05, 0.1) is 37.3 Å². The van der Waals surface area contributed by atoms with Crippen molar-refractivity contribution in [2.45, 2.75) is 243 Å². The van der Waals surface area contributed by atoms with Gasteiger partial charge >= 0.3 is 11.9 Å². The van der Waals surface area contributed by atoms with E-state index in [1.54, 1.807) is 0 Å².